The number of nitrogens with zero attached hydrogens (tertiary/aromatic N) is 5. The molecular formula is C17H20ClFN6O. The van der Waals surface area contributed by atoms with Gasteiger partial charge in [0, 0.05) is 19.6 Å². The van der Waals surface area contributed by atoms with Gasteiger partial charge in [-0.25, -0.2) is 9.07 Å². The van der Waals surface area contributed by atoms with Crippen LogP contribution < -0.4 is 5.32 Å². The summed E-state index contributed by atoms with van der Waals surface area (Å²) in [6.45, 7) is 4.62. The molecule has 2 aromatic heterocycles. The topological polar surface area (TPSA) is 72.0 Å². The maximum absolute atomic E-state index is 13.1. The van der Waals surface area contributed by atoms with Crippen molar-refractivity contribution in [3.63, 3.8) is 0 Å². The molecule has 7 nitrogen and oxygen atoms in total. The second-order valence-corrected chi connectivity index (χ2v) is 6.19. The van der Waals surface area contributed by atoms with Crippen molar-refractivity contribution in [2.24, 2.45) is 0 Å². The van der Waals surface area contributed by atoms with Crippen molar-refractivity contribution in [2.75, 3.05) is 26.7 Å². The van der Waals surface area contributed by atoms with Gasteiger partial charge in [0.15, 0.2) is 5.82 Å². The number of likely N-dealkylation sites (N-methyl/N-ethyl adjacent to an activating group) is 1. The summed E-state index contributed by atoms with van der Waals surface area (Å²) >= 11 is 0. The fourth-order valence-electron chi connectivity index (χ4n) is 3.04. The van der Waals surface area contributed by atoms with Crippen LogP contribution in [0, 0.1) is 12.7 Å². The lowest BCUT2D eigenvalue weighted by molar-refractivity contribution is 0.190. The second kappa shape index (κ2) is 7.53. The smallest absolute Gasteiger partial charge is 0.261 e. The van der Waals surface area contributed by atoms with E-state index in [9.17, 15) is 4.39 Å². The highest BCUT2D eigenvalue weighted by atomic mass is 35.5. The third-order valence-electron chi connectivity index (χ3n) is 4.56. The Labute approximate surface area is 156 Å². The summed E-state index contributed by atoms with van der Waals surface area (Å²) in [5.41, 5.74) is 2.41. The Kier molecular flexibility index (Phi) is 5.36. The minimum atomic E-state index is -0.277. The lowest BCUT2D eigenvalue weighted by Gasteiger charge is -2.30. The fourth-order valence-corrected chi connectivity index (χ4v) is 3.04. The van der Waals surface area contributed by atoms with E-state index in [-0.39, 0.29) is 24.3 Å². The first-order valence-electron chi connectivity index (χ1n) is 8.19. The summed E-state index contributed by atoms with van der Waals surface area (Å²) in [7, 11) is 2.05. The molecule has 1 fully saturated rings. The SMILES string of the molecule is Cc1c(-c2nc(C3CNCCN3C)no2)cnn1-c1ccc(F)cc1.Cl. The molecule has 0 radical (unpaired) electrons. The molecule has 0 aliphatic carbocycles. The molecule has 0 saturated carbocycles. The van der Waals surface area contributed by atoms with Crippen LogP contribution >= 0.6 is 12.4 Å². The predicted octanol–water partition coefficient (Wildman–Crippen LogP) is 2.37. The molecule has 1 atom stereocenters. The Balaban J connectivity index is 0.00000196. The van der Waals surface area contributed by atoms with E-state index in [1.54, 1.807) is 23.0 Å². The van der Waals surface area contributed by atoms with Crippen molar-refractivity contribution in [2.45, 2.75) is 13.0 Å². The van der Waals surface area contributed by atoms with Gasteiger partial charge < -0.3 is 9.84 Å². The Morgan fingerprint density at radius 2 is 2.04 bits per heavy atom. The van der Waals surface area contributed by atoms with E-state index < -0.39 is 0 Å². The van der Waals surface area contributed by atoms with E-state index in [1.165, 1.54) is 12.1 Å². The largest absolute Gasteiger partial charge is 0.334 e. The molecule has 0 amide bonds. The molecule has 9 heteroatoms. The maximum Gasteiger partial charge on any atom is 0.261 e. The number of nitrogens with one attached hydrogen (secondary N) is 1. The molecule has 4 rings (SSSR count). The van der Waals surface area contributed by atoms with Gasteiger partial charge in [0.05, 0.1) is 29.2 Å². The average molecular weight is 379 g/mol. The summed E-state index contributed by atoms with van der Waals surface area (Å²) in [5.74, 6) is 0.832. The first-order valence-corrected chi connectivity index (χ1v) is 8.19. The van der Waals surface area contributed by atoms with E-state index >= 15 is 0 Å². The molecule has 1 aromatic carbocycles. The first kappa shape index (κ1) is 18.5. The lowest BCUT2D eigenvalue weighted by Crippen LogP contribution is -2.44. The van der Waals surface area contributed by atoms with Gasteiger partial charge in [0.1, 0.15) is 5.82 Å². The Bertz CT molecular complexity index is 878. The minimum Gasteiger partial charge on any atom is -0.334 e. The molecule has 0 spiro atoms. The zero-order valence-electron chi connectivity index (χ0n) is 14.5. The van der Waals surface area contributed by atoms with E-state index in [4.69, 9.17) is 4.52 Å². The molecule has 0 bridgehead atoms. The van der Waals surface area contributed by atoms with Gasteiger partial charge in [0.25, 0.3) is 5.89 Å². The number of rotatable bonds is 3. The normalized spacial score (nSPS) is 17.9. The molecule has 1 aliphatic rings. The van der Waals surface area contributed by atoms with Gasteiger partial charge in [0.2, 0.25) is 0 Å². The van der Waals surface area contributed by atoms with Crippen LogP contribution in [-0.2, 0) is 0 Å². The van der Waals surface area contributed by atoms with Gasteiger partial charge in [-0.3, -0.25) is 4.90 Å². The summed E-state index contributed by atoms with van der Waals surface area (Å²) in [4.78, 5) is 6.77. The zero-order chi connectivity index (χ0) is 17.4. The Hall–Kier alpha value is -2.29. The van der Waals surface area contributed by atoms with Crippen molar-refractivity contribution in [3.05, 3.63) is 47.8 Å². The molecule has 138 valence electrons. The van der Waals surface area contributed by atoms with E-state index in [1.807, 2.05) is 6.92 Å². The van der Waals surface area contributed by atoms with E-state index in [2.05, 4.69) is 32.5 Å². The number of halogens is 2. The van der Waals surface area contributed by atoms with Gasteiger partial charge >= 0.3 is 0 Å². The maximum atomic E-state index is 13.1. The molecule has 3 aromatic rings. The molecule has 1 unspecified atom stereocenters. The molecule has 1 aliphatic heterocycles. The van der Waals surface area contributed by atoms with Crippen molar-refractivity contribution in [1.82, 2.24) is 30.1 Å². The van der Waals surface area contributed by atoms with Crippen LogP contribution in [0.2, 0.25) is 0 Å². The monoisotopic (exact) mass is 378 g/mol. The molecule has 1 saturated heterocycles. The Morgan fingerprint density at radius 1 is 1.27 bits per heavy atom. The number of hydrogen-bond acceptors (Lipinski definition) is 6. The van der Waals surface area contributed by atoms with Crippen LogP contribution in [0.3, 0.4) is 0 Å². The summed E-state index contributed by atoms with van der Waals surface area (Å²) in [6.07, 6.45) is 1.69. The highest BCUT2D eigenvalue weighted by molar-refractivity contribution is 5.85. The van der Waals surface area contributed by atoms with Crippen LogP contribution in [0.4, 0.5) is 4.39 Å². The van der Waals surface area contributed by atoms with Crippen LogP contribution in [0.1, 0.15) is 17.6 Å². The van der Waals surface area contributed by atoms with Crippen LogP contribution in [-0.4, -0.2) is 51.5 Å². The van der Waals surface area contributed by atoms with Crippen molar-refractivity contribution in [3.8, 4) is 17.1 Å². The van der Waals surface area contributed by atoms with Crippen molar-refractivity contribution >= 4 is 12.4 Å². The van der Waals surface area contributed by atoms with Crippen LogP contribution in [0.5, 0.6) is 0 Å². The molecule has 1 N–H and O–H groups in total. The highest BCUT2D eigenvalue weighted by Crippen LogP contribution is 2.26. The summed E-state index contributed by atoms with van der Waals surface area (Å²) < 4.78 is 20.3. The third-order valence-corrected chi connectivity index (χ3v) is 4.56. The van der Waals surface area contributed by atoms with Gasteiger partial charge in [-0.15, -0.1) is 12.4 Å². The second-order valence-electron chi connectivity index (χ2n) is 6.19. The third kappa shape index (κ3) is 3.35. The lowest BCUT2D eigenvalue weighted by atomic mass is 10.2. The van der Waals surface area contributed by atoms with Gasteiger partial charge in [-0.2, -0.15) is 10.1 Å². The zero-order valence-corrected chi connectivity index (χ0v) is 15.3. The van der Waals surface area contributed by atoms with Crippen LogP contribution in [0.25, 0.3) is 17.1 Å². The summed E-state index contributed by atoms with van der Waals surface area (Å²) in [6, 6.07) is 6.28. The van der Waals surface area contributed by atoms with Crippen molar-refractivity contribution in [1.29, 1.82) is 0 Å². The van der Waals surface area contributed by atoms with Gasteiger partial charge in [-0.1, -0.05) is 5.16 Å². The minimum absolute atomic E-state index is 0. The number of aromatic nitrogens is 4. The molecule has 26 heavy (non-hydrogen) atoms. The number of piperazine rings is 1. The highest BCUT2D eigenvalue weighted by Gasteiger charge is 2.26. The molecule has 3 heterocycles. The average Bonchev–Trinajstić information content (AvgIpc) is 3.23. The standard InChI is InChI=1S/C17H19FN6O.ClH/c1-11-14(9-20-24(11)13-5-3-12(18)4-6-13)17-21-16(22-25-17)15-10-19-7-8-23(15)2;/h3-6,9,15,19H,7-8,10H2,1-2H3;1H. The van der Waals surface area contributed by atoms with Gasteiger partial charge in [-0.05, 0) is 38.2 Å². The van der Waals surface area contributed by atoms with E-state index in [0.717, 1.165) is 36.6 Å². The Morgan fingerprint density at radius 3 is 2.77 bits per heavy atom. The quantitative estimate of drug-likeness (QED) is 0.754. The molecular weight excluding hydrogens is 359 g/mol. The summed E-state index contributed by atoms with van der Waals surface area (Å²) in [5, 5.41) is 11.9. The van der Waals surface area contributed by atoms with E-state index in [0.29, 0.717) is 11.7 Å². The number of benzene rings is 1. The first-order chi connectivity index (χ1) is 12.1. The van der Waals surface area contributed by atoms with Crippen molar-refractivity contribution < 1.29 is 8.91 Å². The fraction of sp³-hybridized carbons (Fsp3) is 0.353. The van der Waals surface area contributed by atoms with Crippen LogP contribution in [0.15, 0.2) is 35.0 Å². The predicted molar refractivity (Wildman–Crippen MR) is 97.0 cm³/mol. The number of hydrogen-bond donors (Lipinski definition) is 1.